The SMILES string of the molecule is CCCCCN1CC(C(=O)NCCc2c[nH]c3ccccc23)CC1=O. The standard InChI is InChI=1S/C20H27N3O2/c1-2-3-6-11-23-14-16(12-19(23)24)20(25)21-10-9-15-13-22-18-8-5-4-7-17(15)18/h4-5,7-8,13,16,22H,2-3,6,9-12,14H2,1H3,(H,21,25). The highest BCUT2D eigenvalue weighted by atomic mass is 16.2. The minimum Gasteiger partial charge on any atom is -0.361 e. The third-order valence-corrected chi connectivity index (χ3v) is 4.99. The third-order valence-electron chi connectivity index (χ3n) is 4.99. The number of aromatic nitrogens is 1. The van der Waals surface area contributed by atoms with Crippen LogP contribution >= 0.6 is 0 Å². The molecule has 5 nitrogen and oxygen atoms in total. The Morgan fingerprint density at radius 2 is 2.16 bits per heavy atom. The van der Waals surface area contributed by atoms with Gasteiger partial charge in [-0.25, -0.2) is 0 Å². The third kappa shape index (κ3) is 4.21. The van der Waals surface area contributed by atoms with Crippen molar-refractivity contribution in [2.75, 3.05) is 19.6 Å². The van der Waals surface area contributed by atoms with Crippen LogP contribution < -0.4 is 5.32 Å². The summed E-state index contributed by atoms with van der Waals surface area (Å²) in [4.78, 5) is 29.5. The van der Waals surface area contributed by atoms with E-state index in [4.69, 9.17) is 0 Å². The van der Waals surface area contributed by atoms with Gasteiger partial charge in [-0.1, -0.05) is 38.0 Å². The van der Waals surface area contributed by atoms with Crippen LogP contribution in [0.15, 0.2) is 30.5 Å². The van der Waals surface area contributed by atoms with Crippen LogP contribution in [0, 0.1) is 5.92 Å². The fraction of sp³-hybridized carbons (Fsp3) is 0.500. The van der Waals surface area contributed by atoms with Crippen molar-refractivity contribution in [2.45, 2.75) is 39.0 Å². The zero-order valence-electron chi connectivity index (χ0n) is 14.9. The van der Waals surface area contributed by atoms with E-state index in [1.54, 1.807) is 0 Å². The van der Waals surface area contributed by atoms with E-state index in [1.807, 2.05) is 23.2 Å². The molecule has 25 heavy (non-hydrogen) atoms. The molecule has 1 aromatic carbocycles. The lowest BCUT2D eigenvalue weighted by atomic mass is 10.1. The van der Waals surface area contributed by atoms with Gasteiger partial charge in [0.1, 0.15) is 0 Å². The number of hydrogen-bond donors (Lipinski definition) is 2. The van der Waals surface area contributed by atoms with Gasteiger partial charge in [-0.2, -0.15) is 0 Å². The number of carbonyl (C=O) groups excluding carboxylic acids is 2. The van der Waals surface area contributed by atoms with E-state index in [0.29, 0.717) is 19.5 Å². The Balaban J connectivity index is 1.46. The summed E-state index contributed by atoms with van der Waals surface area (Å²) < 4.78 is 0. The molecule has 134 valence electrons. The number of carbonyl (C=O) groups is 2. The second-order valence-electron chi connectivity index (χ2n) is 6.85. The Morgan fingerprint density at radius 1 is 1.32 bits per heavy atom. The average molecular weight is 341 g/mol. The van der Waals surface area contributed by atoms with E-state index in [-0.39, 0.29) is 17.7 Å². The van der Waals surface area contributed by atoms with E-state index in [9.17, 15) is 9.59 Å². The molecule has 5 heteroatoms. The zero-order valence-corrected chi connectivity index (χ0v) is 14.9. The van der Waals surface area contributed by atoms with E-state index in [2.05, 4.69) is 29.4 Å². The topological polar surface area (TPSA) is 65.2 Å². The van der Waals surface area contributed by atoms with Gasteiger partial charge in [0.2, 0.25) is 11.8 Å². The fourth-order valence-corrected chi connectivity index (χ4v) is 3.52. The summed E-state index contributed by atoms with van der Waals surface area (Å²) >= 11 is 0. The molecule has 1 unspecified atom stereocenters. The second kappa shape index (κ2) is 8.19. The Labute approximate surface area is 148 Å². The van der Waals surface area contributed by atoms with Gasteiger partial charge in [-0.15, -0.1) is 0 Å². The van der Waals surface area contributed by atoms with Gasteiger partial charge >= 0.3 is 0 Å². The summed E-state index contributed by atoms with van der Waals surface area (Å²) in [5.41, 5.74) is 2.33. The molecule has 1 aromatic heterocycles. The molecule has 1 aliphatic heterocycles. The maximum absolute atomic E-state index is 12.4. The number of aromatic amines is 1. The van der Waals surface area contributed by atoms with E-state index in [0.717, 1.165) is 37.7 Å². The summed E-state index contributed by atoms with van der Waals surface area (Å²) in [6.07, 6.45) is 6.44. The first-order valence-electron chi connectivity index (χ1n) is 9.29. The first-order chi connectivity index (χ1) is 12.2. The van der Waals surface area contributed by atoms with Crippen molar-refractivity contribution in [1.82, 2.24) is 15.2 Å². The number of fused-ring (bicyclic) bond motifs is 1. The molecule has 1 aliphatic rings. The first-order valence-corrected chi connectivity index (χ1v) is 9.29. The lowest BCUT2D eigenvalue weighted by molar-refractivity contribution is -0.129. The number of rotatable bonds is 8. The molecule has 1 atom stereocenters. The largest absolute Gasteiger partial charge is 0.361 e. The number of amides is 2. The van der Waals surface area contributed by atoms with Crippen molar-refractivity contribution in [3.63, 3.8) is 0 Å². The summed E-state index contributed by atoms with van der Waals surface area (Å²) in [6, 6.07) is 8.17. The average Bonchev–Trinajstić information content (AvgIpc) is 3.19. The number of likely N-dealkylation sites (tertiary alicyclic amines) is 1. The minimum absolute atomic E-state index is 0.00572. The van der Waals surface area contributed by atoms with E-state index in [1.165, 1.54) is 10.9 Å². The summed E-state index contributed by atoms with van der Waals surface area (Å²) in [5.74, 6) is -0.0730. The Hall–Kier alpha value is -2.30. The lowest BCUT2D eigenvalue weighted by Gasteiger charge is -2.16. The van der Waals surface area contributed by atoms with Gasteiger partial charge in [0.05, 0.1) is 5.92 Å². The Morgan fingerprint density at radius 3 is 3.00 bits per heavy atom. The van der Waals surface area contributed by atoms with Crippen LogP contribution in [-0.4, -0.2) is 41.3 Å². The van der Waals surface area contributed by atoms with Gasteiger partial charge in [0.25, 0.3) is 0 Å². The highest BCUT2D eigenvalue weighted by Crippen LogP contribution is 2.20. The number of benzene rings is 1. The molecule has 0 radical (unpaired) electrons. The highest BCUT2D eigenvalue weighted by Gasteiger charge is 2.33. The predicted octanol–water partition coefficient (Wildman–Crippen LogP) is 2.87. The Bertz CT molecular complexity index is 737. The molecular formula is C20H27N3O2. The van der Waals surface area contributed by atoms with Gasteiger partial charge in [-0.05, 0) is 24.5 Å². The molecule has 2 aromatic rings. The molecule has 3 rings (SSSR count). The number of para-hydroxylation sites is 1. The molecule has 0 bridgehead atoms. The minimum atomic E-state index is -0.197. The highest BCUT2D eigenvalue weighted by molar-refractivity contribution is 5.89. The monoisotopic (exact) mass is 341 g/mol. The molecule has 2 N–H and O–H groups in total. The number of H-pyrrole nitrogens is 1. The van der Waals surface area contributed by atoms with Crippen molar-refractivity contribution < 1.29 is 9.59 Å². The molecule has 0 spiro atoms. The second-order valence-corrected chi connectivity index (χ2v) is 6.85. The van der Waals surface area contributed by atoms with Crippen LogP contribution in [0.3, 0.4) is 0 Å². The van der Waals surface area contributed by atoms with Crippen molar-refractivity contribution in [3.8, 4) is 0 Å². The fourth-order valence-electron chi connectivity index (χ4n) is 3.52. The van der Waals surface area contributed by atoms with Crippen LogP contribution in [0.25, 0.3) is 10.9 Å². The van der Waals surface area contributed by atoms with Crippen molar-refractivity contribution in [3.05, 3.63) is 36.0 Å². The summed E-state index contributed by atoms with van der Waals surface area (Å²) in [7, 11) is 0. The van der Waals surface area contributed by atoms with Crippen LogP contribution in [0.1, 0.15) is 38.2 Å². The van der Waals surface area contributed by atoms with Crippen LogP contribution in [0.4, 0.5) is 0 Å². The molecule has 0 aliphatic carbocycles. The summed E-state index contributed by atoms with van der Waals surface area (Å²) in [5, 5.41) is 4.21. The number of unbranched alkanes of at least 4 members (excludes halogenated alkanes) is 2. The zero-order chi connectivity index (χ0) is 17.6. The molecule has 1 saturated heterocycles. The maximum Gasteiger partial charge on any atom is 0.225 e. The van der Waals surface area contributed by atoms with Crippen molar-refractivity contribution in [1.29, 1.82) is 0 Å². The first kappa shape index (κ1) is 17.5. The number of nitrogens with zero attached hydrogens (tertiary/aromatic N) is 1. The van der Waals surface area contributed by atoms with Gasteiger partial charge in [0.15, 0.2) is 0 Å². The molecule has 2 amide bonds. The summed E-state index contributed by atoms with van der Waals surface area (Å²) in [6.45, 7) is 4.10. The number of hydrogen-bond acceptors (Lipinski definition) is 2. The van der Waals surface area contributed by atoms with Crippen LogP contribution in [0.5, 0.6) is 0 Å². The van der Waals surface area contributed by atoms with Gasteiger partial charge in [0, 0.05) is 43.2 Å². The Kier molecular flexibility index (Phi) is 5.74. The normalized spacial score (nSPS) is 17.4. The predicted molar refractivity (Wildman–Crippen MR) is 99.2 cm³/mol. The molecule has 2 heterocycles. The van der Waals surface area contributed by atoms with Crippen LogP contribution in [-0.2, 0) is 16.0 Å². The molecular weight excluding hydrogens is 314 g/mol. The smallest absolute Gasteiger partial charge is 0.225 e. The van der Waals surface area contributed by atoms with Crippen molar-refractivity contribution >= 4 is 22.7 Å². The van der Waals surface area contributed by atoms with Crippen molar-refractivity contribution in [2.24, 2.45) is 5.92 Å². The molecule has 0 saturated carbocycles. The van der Waals surface area contributed by atoms with Gasteiger partial charge in [-0.3, -0.25) is 9.59 Å². The number of nitrogens with one attached hydrogen (secondary N) is 2. The van der Waals surface area contributed by atoms with E-state index >= 15 is 0 Å². The molecule has 1 fully saturated rings. The van der Waals surface area contributed by atoms with Gasteiger partial charge < -0.3 is 15.2 Å². The maximum atomic E-state index is 12.4. The van der Waals surface area contributed by atoms with E-state index < -0.39 is 0 Å². The van der Waals surface area contributed by atoms with Crippen LogP contribution in [0.2, 0.25) is 0 Å². The quantitative estimate of drug-likeness (QED) is 0.725. The lowest BCUT2D eigenvalue weighted by Crippen LogP contribution is -2.34.